The summed E-state index contributed by atoms with van der Waals surface area (Å²) in [6.45, 7) is 4.15. The molecule has 1 aromatic rings. The molecule has 1 aliphatic rings. The van der Waals surface area contributed by atoms with Crippen LogP contribution >= 0.6 is 11.8 Å². The third-order valence-corrected chi connectivity index (χ3v) is 3.92. The predicted octanol–water partition coefficient (Wildman–Crippen LogP) is 3.46. The highest BCUT2D eigenvalue weighted by Crippen LogP contribution is 2.40. The summed E-state index contributed by atoms with van der Waals surface area (Å²) in [5.41, 5.74) is 1.25. The fourth-order valence-corrected chi connectivity index (χ4v) is 2.60. The first-order chi connectivity index (χ1) is 8.06. The van der Waals surface area contributed by atoms with E-state index >= 15 is 0 Å². The van der Waals surface area contributed by atoms with Crippen LogP contribution < -0.4 is 5.32 Å². The van der Waals surface area contributed by atoms with E-state index in [-0.39, 0.29) is 5.54 Å². The van der Waals surface area contributed by atoms with Gasteiger partial charge in [-0.3, -0.25) is 0 Å². The molecule has 0 unspecified atom stereocenters. The zero-order valence-electron chi connectivity index (χ0n) is 10.1. The Bertz CT molecular complexity index is 441. The number of thioether (sulfide) groups is 1. The van der Waals surface area contributed by atoms with Crippen LogP contribution in [-0.4, -0.2) is 22.4 Å². The fourth-order valence-electron chi connectivity index (χ4n) is 1.77. The molecule has 0 aromatic heterocycles. The summed E-state index contributed by atoms with van der Waals surface area (Å²) < 4.78 is 0. The van der Waals surface area contributed by atoms with Crippen LogP contribution in [0.2, 0.25) is 0 Å². The number of rotatable bonds is 5. The van der Waals surface area contributed by atoms with Gasteiger partial charge in [0.15, 0.2) is 0 Å². The van der Waals surface area contributed by atoms with Gasteiger partial charge in [0.1, 0.15) is 0 Å². The highest BCUT2D eigenvalue weighted by atomic mass is 32.2. The number of anilines is 1. The van der Waals surface area contributed by atoms with Gasteiger partial charge in [-0.25, -0.2) is 4.79 Å². The van der Waals surface area contributed by atoms with Crippen molar-refractivity contribution in [3.63, 3.8) is 0 Å². The number of carbonyl (C=O) groups is 1. The van der Waals surface area contributed by atoms with E-state index in [0.717, 1.165) is 29.2 Å². The highest BCUT2D eigenvalue weighted by Gasteiger charge is 2.38. The summed E-state index contributed by atoms with van der Waals surface area (Å²) in [6, 6.07) is 5.64. The molecule has 92 valence electrons. The topological polar surface area (TPSA) is 49.3 Å². The summed E-state index contributed by atoms with van der Waals surface area (Å²) in [6.07, 6.45) is 2.22. The van der Waals surface area contributed by atoms with Crippen LogP contribution in [0.4, 0.5) is 5.69 Å². The molecule has 1 aliphatic carbocycles. The number of benzene rings is 1. The second-order valence-electron chi connectivity index (χ2n) is 4.60. The van der Waals surface area contributed by atoms with Crippen molar-refractivity contribution in [3.8, 4) is 0 Å². The van der Waals surface area contributed by atoms with E-state index in [1.807, 2.05) is 25.1 Å². The smallest absolute Gasteiger partial charge is 0.338 e. The van der Waals surface area contributed by atoms with Gasteiger partial charge in [-0.2, -0.15) is 0 Å². The Labute approximate surface area is 106 Å². The van der Waals surface area contributed by atoms with Gasteiger partial charge in [0.25, 0.3) is 0 Å². The minimum absolute atomic E-state index is 0.0969. The number of aromatic carboxylic acids is 1. The van der Waals surface area contributed by atoms with Crippen molar-refractivity contribution in [3.05, 3.63) is 23.8 Å². The first kappa shape index (κ1) is 12.3. The largest absolute Gasteiger partial charge is 0.478 e. The van der Waals surface area contributed by atoms with Crippen LogP contribution in [-0.2, 0) is 0 Å². The Kier molecular flexibility index (Phi) is 3.33. The lowest BCUT2D eigenvalue weighted by molar-refractivity contribution is 0.0694. The Morgan fingerprint density at radius 1 is 1.53 bits per heavy atom. The maximum atomic E-state index is 11.4. The van der Waals surface area contributed by atoms with E-state index in [1.54, 1.807) is 11.8 Å². The zero-order chi connectivity index (χ0) is 12.5. The Hall–Kier alpha value is -1.16. The first-order valence-electron chi connectivity index (χ1n) is 5.83. The van der Waals surface area contributed by atoms with Crippen molar-refractivity contribution < 1.29 is 9.90 Å². The van der Waals surface area contributed by atoms with Gasteiger partial charge in [-0.1, -0.05) is 13.0 Å². The zero-order valence-corrected chi connectivity index (χ0v) is 10.9. The van der Waals surface area contributed by atoms with Crippen LogP contribution in [0.15, 0.2) is 23.1 Å². The molecule has 17 heavy (non-hydrogen) atoms. The molecule has 1 aromatic carbocycles. The van der Waals surface area contributed by atoms with E-state index in [9.17, 15) is 9.90 Å². The van der Waals surface area contributed by atoms with E-state index in [4.69, 9.17) is 0 Å². The molecule has 0 saturated heterocycles. The summed E-state index contributed by atoms with van der Waals surface area (Å²) in [5.74, 6) is 0.0226. The molecule has 1 fully saturated rings. The summed E-state index contributed by atoms with van der Waals surface area (Å²) in [7, 11) is 0. The second-order valence-corrected chi connectivity index (χ2v) is 5.91. The average molecular weight is 251 g/mol. The lowest BCUT2D eigenvalue weighted by atomic mass is 10.1. The van der Waals surface area contributed by atoms with E-state index in [0.29, 0.717) is 5.56 Å². The summed E-state index contributed by atoms with van der Waals surface area (Å²) in [5, 5.41) is 12.7. The van der Waals surface area contributed by atoms with Gasteiger partial charge < -0.3 is 10.4 Å². The van der Waals surface area contributed by atoms with Crippen molar-refractivity contribution in [2.45, 2.75) is 37.1 Å². The molecule has 3 nitrogen and oxygen atoms in total. The molecule has 0 heterocycles. The van der Waals surface area contributed by atoms with E-state index < -0.39 is 5.97 Å². The van der Waals surface area contributed by atoms with Crippen LogP contribution in [0.1, 0.15) is 37.0 Å². The maximum Gasteiger partial charge on any atom is 0.338 e. The van der Waals surface area contributed by atoms with Crippen LogP contribution in [0.3, 0.4) is 0 Å². The Morgan fingerprint density at radius 3 is 2.76 bits per heavy atom. The highest BCUT2D eigenvalue weighted by molar-refractivity contribution is 7.99. The molecule has 0 radical (unpaired) electrons. The standard InChI is InChI=1S/C13H17NO2S/c1-3-17-10-6-4-5-9(11(10)12(15)16)14-13(2)7-8-13/h4-6,14H,3,7-8H2,1-2H3,(H,15,16). The molecular formula is C13H17NO2S. The van der Waals surface area contributed by atoms with Gasteiger partial charge in [-0.05, 0) is 37.7 Å². The minimum atomic E-state index is -0.853. The average Bonchev–Trinajstić information content (AvgIpc) is 2.96. The van der Waals surface area contributed by atoms with Crippen molar-refractivity contribution in [2.24, 2.45) is 0 Å². The quantitative estimate of drug-likeness (QED) is 0.787. The first-order valence-corrected chi connectivity index (χ1v) is 6.81. The maximum absolute atomic E-state index is 11.4. The molecule has 0 aliphatic heterocycles. The number of carboxylic acids is 1. The van der Waals surface area contributed by atoms with Crippen LogP contribution in [0, 0.1) is 0 Å². The van der Waals surface area contributed by atoms with Crippen molar-refractivity contribution in [2.75, 3.05) is 11.1 Å². The molecule has 0 bridgehead atoms. The molecule has 2 N–H and O–H groups in total. The molecule has 0 spiro atoms. The third-order valence-electron chi connectivity index (χ3n) is 2.98. The van der Waals surface area contributed by atoms with Crippen LogP contribution in [0.25, 0.3) is 0 Å². The van der Waals surface area contributed by atoms with Crippen LogP contribution in [0.5, 0.6) is 0 Å². The Morgan fingerprint density at radius 2 is 2.24 bits per heavy atom. The minimum Gasteiger partial charge on any atom is -0.478 e. The Balaban J connectivity index is 2.35. The predicted molar refractivity (Wildman–Crippen MR) is 71.1 cm³/mol. The van der Waals surface area contributed by atoms with Gasteiger partial charge in [-0.15, -0.1) is 11.8 Å². The lowest BCUT2D eigenvalue weighted by Gasteiger charge is -2.17. The molecular weight excluding hydrogens is 234 g/mol. The molecule has 2 rings (SSSR count). The van der Waals surface area contributed by atoms with Gasteiger partial charge in [0.2, 0.25) is 0 Å². The van der Waals surface area contributed by atoms with Gasteiger partial charge >= 0.3 is 5.97 Å². The number of hydrogen-bond acceptors (Lipinski definition) is 3. The van der Waals surface area contributed by atoms with Crippen molar-refractivity contribution >= 4 is 23.4 Å². The number of nitrogens with one attached hydrogen (secondary N) is 1. The van der Waals surface area contributed by atoms with E-state index in [2.05, 4.69) is 12.2 Å². The molecule has 0 amide bonds. The van der Waals surface area contributed by atoms with E-state index in [1.165, 1.54) is 0 Å². The van der Waals surface area contributed by atoms with Gasteiger partial charge in [0, 0.05) is 10.4 Å². The van der Waals surface area contributed by atoms with Crippen molar-refractivity contribution in [1.29, 1.82) is 0 Å². The van der Waals surface area contributed by atoms with Gasteiger partial charge in [0.05, 0.1) is 11.3 Å². The molecule has 0 atom stereocenters. The number of hydrogen-bond donors (Lipinski definition) is 2. The number of carboxylic acid groups (broad SMARTS) is 1. The summed E-state index contributed by atoms with van der Waals surface area (Å²) >= 11 is 1.57. The lowest BCUT2D eigenvalue weighted by Crippen LogP contribution is -2.18. The SMILES string of the molecule is CCSc1cccc(NC2(C)CC2)c1C(=O)O. The molecule has 1 saturated carbocycles. The third kappa shape index (κ3) is 2.75. The fraction of sp³-hybridized carbons (Fsp3) is 0.462. The summed E-state index contributed by atoms with van der Waals surface area (Å²) in [4.78, 5) is 12.2. The monoisotopic (exact) mass is 251 g/mol. The second kappa shape index (κ2) is 4.61. The normalized spacial score (nSPS) is 16.6. The molecule has 4 heteroatoms. The van der Waals surface area contributed by atoms with Crippen molar-refractivity contribution in [1.82, 2.24) is 0 Å².